The van der Waals surface area contributed by atoms with Gasteiger partial charge >= 0.3 is 0 Å². The van der Waals surface area contributed by atoms with Crippen molar-refractivity contribution >= 4 is 11.7 Å². The highest BCUT2D eigenvalue weighted by Crippen LogP contribution is 2.15. The molecule has 27 heavy (non-hydrogen) atoms. The molecule has 1 saturated heterocycles. The third-order valence-electron chi connectivity index (χ3n) is 4.36. The number of ether oxygens (including phenoxy) is 1. The number of carbonyl (C=O) groups excluding carboxylic acids is 1. The van der Waals surface area contributed by atoms with Gasteiger partial charge in [0.15, 0.2) is 0 Å². The zero-order valence-corrected chi connectivity index (χ0v) is 15.7. The second kappa shape index (κ2) is 8.77. The lowest BCUT2D eigenvalue weighted by Gasteiger charge is -2.32. The molecule has 2 aromatic heterocycles. The van der Waals surface area contributed by atoms with Gasteiger partial charge in [0, 0.05) is 38.4 Å². The summed E-state index contributed by atoms with van der Waals surface area (Å²) in [5, 5.41) is 6.93. The van der Waals surface area contributed by atoms with Crippen LogP contribution in [0.15, 0.2) is 35.3 Å². The Balaban J connectivity index is 1.59. The molecule has 1 amide bonds. The molecule has 1 aliphatic rings. The molecule has 1 unspecified atom stereocenters. The molecule has 1 atom stereocenters. The molecule has 3 rings (SSSR count). The lowest BCUT2D eigenvalue weighted by Crippen LogP contribution is -2.41. The molecule has 1 N–H and O–H groups in total. The van der Waals surface area contributed by atoms with E-state index in [-0.39, 0.29) is 23.3 Å². The molecule has 144 valence electrons. The minimum atomic E-state index is -0.314. The quantitative estimate of drug-likeness (QED) is 0.821. The van der Waals surface area contributed by atoms with Crippen LogP contribution in [0, 0.1) is 0 Å². The van der Waals surface area contributed by atoms with Gasteiger partial charge in [0.2, 0.25) is 0 Å². The minimum Gasteiger partial charge on any atom is -0.375 e. The predicted molar refractivity (Wildman–Crippen MR) is 102 cm³/mol. The van der Waals surface area contributed by atoms with Crippen molar-refractivity contribution in [3.05, 3.63) is 52.1 Å². The van der Waals surface area contributed by atoms with Crippen molar-refractivity contribution in [2.75, 3.05) is 24.6 Å². The van der Waals surface area contributed by atoms with E-state index in [1.165, 1.54) is 16.8 Å². The monoisotopic (exact) mass is 371 g/mol. The average molecular weight is 371 g/mol. The summed E-state index contributed by atoms with van der Waals surface area (Å²) in [6, 6.07) is 6.73. The van der Waals surface area contributed by atoms with Crippen LogP contribution in [0.3, 0.4) is 0 Å². The number of pyridine rings is 1. The normalized spacial score (nSPS) is 17.0. The number of nitrogens with zero attached hydrogens (tertiary/aromatic N) is 4. The maximum absolute atomic E-state index is 12.3. The van der Waals surface area contributed by atoms with Crippen LogP contribution >= 0.6 is 0 Å². The number of aromatic nitrogens is 3. The van der Waals surface area contributed by atoms with Gasteiger partial charge in [0.05, 0.1) is 12.7 Å². The average Bonchev–Trinajstić information content (AvgIpc) is 2.68. The second-order valence-corrected chi connectivity index (χ2v) is 6.61. The first kappa shape index (κ1) is 19.0. The Hall–Kier alpha value is -2.74. The van der Waals surface area contributed by atoms with Crippen LogP contribution < -0.4 is 15.8 Å². The van der Waals surface area contributed by atoms with Crippen LogP contribution in [-0.2, 0) is 17.8 Å². The molecule has 8 nitrogen and oxygen atoms in total. The van der Waals surface area contributed by atoms with E-state index in [1.807, 2.05) is 26.0 Å². The Labute approximate surface area is 158 Å². The van der Waals surface area contributed by atoms with E-state index in [0.29, 0.717) is 19.7 Å². The summed E-state index contributed by atoms with van der Waals surface area (Å²) in [6.45, 7) is 7.19. The van der Waals surface area contributed by atoms with Crippen molar-refractivity contribution in [2.45, 2.75) is 39.5 Å². The molecule has 0 saturated carbocycles. The topological polar surface area (TPSA) is 89.3 Å². The van der Waals surface area contributed by atoms with Crippen molar-refractivity contribution < 1.29 is 9.53 Å². The number of nitrogens with one attached hydrogen (secondary N) is 1. The van der Waals surface area contributed by atoms with Crippen LogP contribution in [0.4, 0.5) is 5.82 Å². The van der Waals surface area contributed by atoms with Crippen LogP contribution in [0.5, 0.6) is 0 Å². The fourth-order valence-electron chi connectivity index (χ4n) is 2.95. The first-order valence-corrected chi connectivity index (χ1v) is 9.24. The number of hydrogen-bond acceptors (Lipinski definition) is 6. The fraction of sp³-hybridized carbons (Fsp3) is 0.474. The molecule has 0 aromatic carbocycles. The van der Waals surface area contributed by atoms with E-state index < -0.39 is 0 Å². The summed E-state index contributed by atoms with van der Waals surface area (Å²) in [5.41, 5.74) is 0.927. The third kappa shape index (κ3) is 4.91. The summed E-state index contributed by atoms with van der Waals surface area (Å²) in [6.07, 6.45) is 2.74. The summed E-state index contributed by atoms with van der Waals surface area (Å²) >= 11 is 0. The van der Waals surface area contributed by atoms with Crippen molar-refractivity contribution in [3.63, 3.8) is 0 Å². The zero-order chi connectivity index (χ0) is 19.2. The van der Waals surface area contributed by atoms with Gasteiger partial charge in [0.1, 0.15) is 11.5 Å². The number of anilines is 1. The second-order valence-electron chi connectivity index (χ2n) is 6.61. The van der Waals surface area contributed by atoms with Crippen molar-refractivity contribution in [1.29, 1.82) is 0 Å². The zero-order valence-electron chi connectivity index (χ0n) is 15.7. The minimum absolute atomic E-state index is 0.197. The van der Waals surface area contributed by atoms with Gasteiger partial charge in [0.25, 0.3) is 11.5 Å². The molecule has 1 fully saturated rings. The van der Waals surface area contributed by atoms with Crippen LogP contribution in [0.25, 0.3) is 0 Å². The van der Waals surface area contributed by atoms with E-state index >= 15 is 0 Å². The molecule has 3 heterocycles. The van der Waals surface area contributed by atoms with E-state index in [0.717, 1.165) is 30.9 Å². The smallest absolute Gasteiger partial charge is 0.271 e. The number of morpholine rings is 1. The molecular weight excluding hydrogens is 346 g/mol. The number of carbonyl (C=O) groups is 1. The van der Waals surface area contributed by atoms with Crippen LogP contribution in [0.2, 0.25) is 0 Å². The van der Waals surface area contributed by atoms with Gasteiger partial charge in [-0.3, -0.25) is 9.59 Å². The van der Waals surface area contributed by atoms with Gasteiger partial charge in [-0.25, -0.2) is 9.67 Å². The molecule has 0 bridgehead atoms. The van der Waals surface area contributed by atoms with Crippen LogP contribution in [0.1, 0.15) is 36.3 Å². The van der Waals surface area contributed by atoms with Gasteiger partial charge in [-0.05, 0) is 31.0 Å². The summed E-state index contributed by atoms with van der Waals surface area (Å²) < 4.78 is 6.86. The summed E-state index contributed by atoms with van der Waals surface area (Å²) in [7, 11) is 0. The Morgan fingerprint density at radius 3 is 2.89 bits per heavy atom. The fourth-order valence-corrected chi connectivity index (χ4v) is 2.95. The van der Waals surface area contributed by atoms with E-state index in [1.54, 1.807) is 6.20 Å². The molecule has 8 heteroatoms. The SMILES string of the molecule is CCCn1nc(C(=O)NCc2ccc(N3CCOC(C)C3)nc2)ccc1=O. The largest absolute Gasteiger partial charge is 0.375 e. The molecular formula is C19H25N5O3. The first-order valence-electron chi connectivity index (χ1n) is 9.24. The molecule has 0 aliphatic carbocycles. The van der Waals surface area contributed by atoms with E-state index in [2.05, 4.69) is 20.3 Å². The Morgan fingerprint density at radius 2 is 2.19 bits per heavy atom. The Bertz CT molecular complexity index is 834. The highest BCUT2D eigenvalue weighted by molar-refractivity contribution is 5.91. The number of aryl methyl sites for hydroxylation is 1. The molecule has 1 aliphatic heterocycles. The van der Waals surface area contributed by atoms with E-state index in [9.17, 15) is 9.59 Å². The number of rotatable bonds is 6. The van der Waals surface area contributed by atoms with Crippen molar-refractivity contribution in [2.24, 2.45) is 0 Å². The number of hydrogen-bond donors (Lipinski definition) is 1. The number of amides is 1. The predicted octanol–water partition coefficient (Wildman–Crippen LogP) is 1.20. The maximum Gasteiger partial charge on any atom is 0.271 e. The van der Waals surface area contributed by atoms with Gasteiger partial charge in [-0.2, -0.15) is 5.10 Å². The van der Waals surface area contributed by atoms with E-state index in [4.69, 9.17) is 4.74 Å². The highest BCUT2D eigenvalue weighted by Gasteiger charge is 2.17. The van der Waals surface area contributed by atoms with Gasteiger partial charge in [-0.15, -0.1) is 0 Å². The Kier molecular flexibility index (Phi) is 6.18. The lowest BCUT2D eigenvalue weighted by atomic mass is 10.2. The highest BCUT2D eigenvalue weighted by atomic mass is 16.5. The van der Waals surface area contributed by atoms with Crippen molar-refractivity contribution in [1.82, 2.24) is 20.1 Å². The summed E-state index contributed by atoms with van der Waals surface area (Å²) in [5.74, 6) is 0.597. The van der Waals surface area contributed by atoms with Crippen molar-refractivity contribution in [3.8, 4) is 0 Å². The van der Waals surface area contributed by atoms with Crippen LogP contribution in [-0.4, -0.2) is 46.5 Å². The standard InChI is InChI=1S/C19H25N5O3/c1-3-8-24-18(25)7-5-16(22-24)19(26)21-12-15-4-6-17(20-11-15)23-9-10-27-14(2)13-23/h4-7,11,14H,3,8-10,12-13H2,1-2H3,(H,21,26). The summed E-state index contributed by atoms with van der Waals surface area (Å²) in [4.78, 5) is 30.7. The Morgan fingerprint density at radius 1 is 1.33 bits per heavy atom. The third-order valence-corrected chi connectivity index (χ3v) is 4.36. The van der Waals surface area contributed by atoms with Gasteiger partial charge < -0.3 is 15.0 Å². The molecule has 2 aromatic rings. The molecule has 0 radical (unpaired) electrons. The first-order chi connectivity index (χ1) is 13.1. The maximum atomic E-state index is 12.3. The lowest BCUT2D eigenvalue weighted by molar-refractivity contribution is 0.0529. The molecule has 0 spiro atoms. The van der Waals surface area contributed by atoms with Gasteiger partial charge in [-0.1, -0.05) is 13.0 Å².